The molecule has 2 atom stereocenters. The number of carbonyl (C=O) groups is 3. The zero-order valence-electron chi connectivity index (χ0n) is 29.1. The number of nitrogens with zero attached hydrogens (tertiary/aromatic N) is 1. The first kappa shape index (κ1) is 40.5. The van der Waals surface area contributed by atoms with Gasteiger partial charge in [-0.1, -0.05) is 93.3 Å². The smallest absolute Gasteiger partial charge is 0.261 e. The molecule has 49 heavy (non-hydrogen) atoms. The summed E-state index contributed by atoms with van der Waals surface area (Å²) < 4.78 is 10.9. The number of methoxy groups -OCH3 is 1. The van der Waals surface area contributed by atoms with E-state index in [-0.39, 0.29) is 42.5 Å². The predicted octanol–water partition coefficient (Wildman–Crippen LogP) is 6.61. The molecule has 0 radical (unpaired) electrons. The summed E-state index contributed by atoms with van der Waals surface area (Å²) in [7, 11) is 1.56. The molecule has 1 saturated heterocycles. The maximum absolute atomic E-state index is 13.6. The lowest BCUT2D eigenvalue weighted by Gasteiger charge is -2.24. The van der Waals surface area contributed by atoms with Gasteiger partial charge in [0.25, 0.3) is 5.91 Å². The fraction of sp³-hybridized carbons (Fsp3) is 0.308. The van der Waals surface area contributed by atoms with E-state index in [9.17, 15) is 14.4 Å². The molecule has 0 spiro atoms. The molecule has 0 bridgehead atoms. The SMILES string of the molecule is C=C/C(=C\C=C/C)CC1SC(NC(=O)Cc2ccc(OC)c(OCC)c2)C(=O)N1c1cccc(C(=O)CN)c1.CC.OCc1ccccc1. The van der Waals surface area contributed by atoms with Crippen LogP contribution in [-0.2, 0) is 22.6 Å². The van der Waals surface area contributed by atoms with Gasteiger partial charge in [0.1, 0.15) is 0 Å². The van der Waals surface area contributed by atoms with Gasteiger partial charge in [0.15, 0.2) is 22.7 Å². The van der Waals surface area contributed by atoms with Crippen molar-refractivity contribution in [3.05, 3.63) is 126 Å². The molecule has 2 unspecified atom stereocenters. The van der Waals surface area contributed by atoms with Gasteiger partial charge in [0.05, 0.1) is 38.7 Å². The van der Waals surface area contributed by atoms with Crippen LogP contribution < -0.4 is 25.4 Å². The van der Waals surface area contributed by atoms with Gasteiger partial charge in [-0.25, -0.2) is 0 Å². The molecule has 0 aromatic heterocycles. The van der Waals surface area contributed by atoms with Crippen molar-refractivity contribution in [1.82, 2.24) is 5.32 Å². The van der Waals surface area contributed by atoms with Crippen LogP contribution >= 0.6 is 11.8 Å². The Morgan fingerprint density at radius 3 is 2.37 bits per heavy atom. The van der Waals surface area contributed by atoms with E-state index < -0.39 is 5.37 Å². The summed E-state index contributed by atoms with van der Waals surface area (Å²) in [5.74, 6) is 0.354. The van der Waals surface area contributed by atoms with Gasteiger partial charge in [-0.15, -0.1) is 11.8 Å². The largest absolute Gasteiger partial charge is 0.493 e. The van der Waals surface area contributed by atoms with Gasteiger partial charge in [0, 0.05) is 17.7 Å². The number of aliphatic hydroxyl groups excluding tert-OH is 1. The summed E-state index contributed by atoms with van der Waals surface area (Å²) in [6, 6.07) is 21.7. The molecular weight excluding hydrogens is 639 g/mol. The summed E-state index contributed by atoms with van der Waals surface area (Å²) in [6.07, 6.45) is 8.09. The quantitative estimate of drug-likeness (QED) is 0.128. The van der Waals surface area contributed by atoms with Gasteiger partial charge in [-0.3, -0.25) is 19.3 Å². The second-order valence-electron chi connectivity index (χ2n) is 10.3. The minimum Gasteiger partial charge on any atom is -0.493 e. The number of Topliss-reactive ketones (excluding diaryl/α,β-unsaturated/α-hetero) is 1. The highest BCUT2D eigenvalue weighted by Gasteiger charge is 2.42. The maximum Gasteiger partial charge on any atom is 0.261 e. The second-order valence-corrected chi connectivity index (χ2v) is 11.6. The molecule has 262 valence electrons. The van der Waals surface area contributed by atoms with Crippen molar-refractivity contribution in [2.24, 2.45) is 5.73 Å². The van der Waals surface area contributed by atoms with E-state index in [0.29, 0.717) is 35.8 Å². The molecule has 1 heterocycles. The number of ketones is 1. The van der Waals surface area contributed by atoms with E-state index >= 15 is 0 Å². The van der Waals surface area contributed by atoms with E-state index in [1.165, 1.54) is 11.8 Å². The third kappa shape index (κ3) is 12.4. The average Bonchev–Trinajstić information content (AvgIpc) is 3.44. The average molecular weight is 688 g/mol. The highest BCUT2D eigenvalue weighted by molar-refractivity contribution is 8.01. The summed E-state index contributed by atoms with van der Waals surface area (Å²) in [5.41, 5.74) is 9.19. The van der Waals surface area contributed by atoms with Crippen molar-refractivity contribution < 1.29 is 29.0 Å². The Hall–Kier alpha value is -4.64. The lowest BCUT2D eigenvalue weighted by Crippen LogP contribution is -2.42. The number of thioether (sulfide) groups is 1. The fourth-order valence-electron chi connectivity index (χ4n) is 4.73. The minimum atomic E-state index is -0.797. The number of rotatable bonds is 14. The Balaban J connectivity index is 0.000000719. The van der Waals surface area contributed by atoms with Crippen LogP contribution in [0.4, 0.5) is 5.69 Å². The zero-order valence-corrected chi connectivity index (χ0v) is 29.9. The number of amides is 2. The van der Waals surface area contributed by atoms with Crippen LogP contribution in [0.2, 0.25) is 0 Å². The third-order valence-electron chi connectivity index (χ3n) is 7.06. The summed E-state index contributed by atoms with van der Waals surface area (Å²) >= 11 is 1.35. The molecule has 3 aromatic rings. The van der Waals surface area contributed by atoms with Gasteiger partial charge in [0.2, 0.25) is 5.91 Å². The Morgan fingerprint density at radius 1 is 1.04 bits per heavy atom. The molecule has 3 aromatic carbocycles. The number of ether oxygens (including phenoxy) is 2. The Morgan fingerprint density at radius 2 is 1.78 bits per heavy atom. The monoisotopic (exact) mass is 687 g/mol. The number of anilines is 1. The summed E-state index contributed by atoms with van der Waals surface area (Å²) in [4.78, 5) is 40.5. The summed E-state index contributed by atoms with van der Waals surface area (Å²) in [5, 5.41) is 10.3. The summed E-state index contributed by atoms with van der Waals surface area (Å²) in [6.45, 7) is 12.2. The molecule has 1 aliphatic heterocycles. The van der Waals surface area contributed by atoms with Crippen LogP contribution in [0.15, 0.2) is 109 Å². The normalized spacial score (nSPS) is 15.4. The third-order valence-corrected chi connectivity index (χ3v) is 8.34. The molecule has 1 fully saturated rings. The lowest BCUT2D eigenvalue weighted by atomic mass is 10.1. The molecule has 4 rings (SSSR count). The zero-order chi connectivity index (χ0) is 36.2. The molecular formula is C39H49N3O6S. The Bertz CT molecular complexity index is 1570. The van der Waals surface area contributed by atoms with Crippen LogP contribution in [-0.4, -0.2) is 53.7 Å². The van der Waals surface area contributed by atoms with Crippen molar-refractivity contribution >= 4 is 35.0 Å². The number of hydrogen-bond acceptors (Lipinski definition) is 8. The second kappa shape index (κ2) is 22.1. The van der Waals surface area contributed by atoms with Crippen LogP contribution in [0.1, 0.15) is 55.6 Å². The van der Waals surface area contributed by atoms with E-state index in [0.717, 1.165) is 16.7 Å². The molecule has 9 nitrogen and oxygen atoms in total. The fourth-order valence-corrected chi connectivity index (χ4v) is 6.11. The number of allylic oxidation sites excluding steroid dienone is 4. The molecule has 0 aliphatic carbocycles. The van der Waals surface area contributed by atoms with Gasteiger partial charge in [-0.05, 0) is 54.8 Å². The Kier molecular flexibility index (Phi) is 18.3. The van der Waals surface area contributed by atoms with Crippen LogP contribution in [0.3, 0.4) is 0 Å². The first-order valence-electron chi connectivity index (χ1n) is 16.3. The highest BCUT2D eigenvalue weighted by Crippen LogP contribution is 2.38. The van der Waals surface area contributed by atoms with Gasteiger partial charge < -0.3 is 25.6 Å². The van der Waals surface area contributed by atoms with Crippen molar-refractivity contribution in [2.45, 2.75) is 57.9 Å². The minimum absolute atomic E-state index is 0.0681. The maximum atomic E-state index is 13.6. The molecule has 0 saturated carbocycles. The van der Waals surface area contributed by atoms with Crippen molar-refractivity contribution in [2.75, 3.05) is 25.2 Å². The van der Waals surface area contributed by atoms with Crippen molar-refractivity contribution in [1.29, 1.82) is 0 Å². The first-order chi connectivity index (χ1) is 23.8. The van der Waals surface area contributed by atoms with E-state index in [1.807, 2.05) is 76.3 Å². The van der Waals surface area contributed by atoms with E-state index in [2.05, 4.69) is 11.9 Å². The standard InChI is InChI=1S/C30H35N3O5S.C7H8O.C2H6/c1-5-8-10-20(6-2)17-28-33(23-12-9-11-22(18-23)24(34)19-31)30(36)29(39-28)32-27(35)16-21-13-14-25(37-4)26(15-21)38-7-3;8-6-7-4-2-1-3-5-7;1-2/h5-6,8-15,18,28-29H,2,7,16-17,19,31H2,1,3-4H3,(H,32,35);1-5,8H,6H2;1-2H3/b8-5-,20-10+;;. The van der Waals surface area contributed by atoms with Crippen LogP contribution in [0.25, 0.3) is 0 Å². The Labute approximate surface area is 294 Å². The number of benzene rings is 3. The van der Waals surface area contributed by atoms with Crippen molar-refractivity contribution in [3.8, 4) is 11.5 Å². The van der Waals surface area contributed by atoms with E-state index in [1.54, 1.807) is 60.6 Å². The topological polar surface area (TPSA) is 131 Å². The number of aliphatic hydroxyl groups is 1. The van der Waals surface area contributed by atoms with Crippen LogP contribution in [0, 0.1) is 0 Å². The molecule has 2 amide bonds. The predicted molar refractivity (Wildman–Crippen MR) is 200 cm³/mol. The molecule has 1 aliphatic rings. The number of carbonyl (C=O) groups excluding carboxylic acids is 3. The number of hydrogen-bond donors (Lipinski definition) is 3. The first-order valence-corrected chi connectivity index (χ1v) is 17.2. The van der Waals surface area contributed by atoms with Gasteiger partial charge >= 0.3 is 0 Å². The number of nitrogens with two attached hydrogens (primary N) is 1. The molecule has 4 N–H and O–H groups in total. The molecule has 10 heteroatoms. The van der Waals surface area contributed by atoms with Crippen molar-refractivity contribution in [3.63, 3.8) is 0 Å². The lowest BCUT2D eigenvalue weighted by molar-refractivity contribution is -0.125. The van der Waals surface area contributed by atoms with E-state index in [4.69, 9.17) is 20.3 Å². The highest BCUT2D eigenvalue weighted by atomic mass is 32.2. The van der Waals surface area contributed by atoms with Gasteiger partial charge in [-0.2, -0.15) is 0 Å². The number of nitrogens with one attached hydrogen (secondary N) is 1. The van der Waals surface area contributed by atoms with Crippen LogP contribution in [0.5, 0.6) is 11.5 Å².